The smallest absolute Gasteiger partial charge is 0.417 e. The van der Waals surface area contributed by atoms with E-state index in [9.17, 15) is 22.8 Å². The number of alkyl halides is 3. The second kappa shape index (κ2) is 5.90. The van der Waals surface area contributed by atoms with Gasteiger partial charge in [-0.3, -0.25) is 4.79 Å². The average molecular weight is 277 g/mol. The number of nitrogens with zero attached hydrogens (tertiary/aromatic N) is 1. The first-order chi connectivity index (χ1) is 8.77. The second-order valence-corrected chi connectivity index (χ2v) is 4.00. The maximum absolute atomic E-state index is 12.5. The molecule has 0 saturated carbocycles. The first-order valence-corrected chi connectivity index (χ1v) is 5.73. The molecule has 0 aliphatic rings. The summed E-state index contributed by atoms with van der Waals surface area (Å²) in [7, 11) is 0. The van der Waals surface area contributed by atoms with Gasteiger partial charge in [0.1, 0.15) is 6.04 Å². The SMILES string of the molecule is CCCOC(=O)C(C)n1cc(C(F)(F)F)ccc1=O. The normalized spacial score (nSPS) is 13.1. The maximum Gasteiger partial charge on any atom is 0.417 e. The fraction of sp³-hybridized carbons (Fsp3) is 0.500. The molecule has 0 radical (unpaired) electrons. The lowest BCUT2D eigenvalue weighted by molar-refractivity contribution is -0.148. The van der Waals surface area contributed by atoms with Crippen LogP contribution < -0.4 is 5.56 Å². The third-order valence-corrected chi connectivity index (χ3v) is 2.47. The zero-order valence-corrected chi connectivity index (χ0v) is 10.5. The minimum Gasteiger partial charge on any atom is -0.464 e. The van der Waals surface area contributed by atoms with Gasteiger partial charge < -0.3 is 9.30 Å². The van der Waals surface area contributed by atoms with Gasteiger partial charge in [0.2, 0.25) is 0 Å². The molecule has 0 aromatic carbocycles. The van der Waals surface area contributed by atoms with Gasteiger partial charge >= 0.3 is 12.1 Å². The Bertz CT molecular complexity index is 508. The van der Waals surface area contributed by atoms with Gasteiger partial charge in [-0.05, 0) is 19.4 Å². The van der Waals surface area contributed by atoms with Crippen LogP contribution in [0.3, 0.4) is 0 Å². The minimum atomic E-state index is -4.57. The van der Waals surface area contributed by atoms with E-state index in [1.165, 1.54) is 6.92 Å². The number of carbonyl (C=O) groups is 1. The van der Waals surface area contributed by atoms with Gasteiger partial charge in [-0.15, -0.1) is 0 Å². The van der Waals surface area contributed by atoms with Crippen molar-refractivity contribution in [2.75, 3.05) is 6.61 Å². The molecule has 1 rings (SSSR count). The first-order valence-electron chi connectivity index (χ1n) is 5.73. The van der Waals surface area contributed by atoms with Crippen molar-refractivity contribution in [3.8, 4) is 0 Å². The number of hydrogen-bond donors (Lipinski definition) is 0. The molecule has 4 nitrogen and oxygen atoms in total. The monoisotopic (exact) mass is 277 g/mol. The largest absolute Gasteiger partial charge is 0.464 e. The lowest BCUT2D eigenvalue weighted by Gasteiger charge is -2.16. The van der Waals surface area contributed by atoms with E-state index in [0.717, 1.165) is 10.6 Å². The third kappa shape index (κ3) is 3.84. The van der Waals surface area contributed by atoms with Gasteiger partial charge in [-0.2, -0.15) is 13.2 Å². The number of aromatic nitrogens is 1. The van der Waals surface area contributed by atoms with Crippen LogP contribution in [0.2, 0.25) is 0 Å². The van der Waals surface area contributed by atoms with Crippen LogP contribution >= 0.6 is 0 Å². The van der Waals surface area contributed by atoms with Gasteiger partial charge in [0.25, 0.3) is 5.56 Å². The van der Waals surface area contributed by atoms with Gasteiger partial charge in [-0.1, -0.05) is 6.92 Å². The summed E-state index contributed by atoms with van der Waals surface area (Å²) in [5.74, 6) is -0.733. The number of rotatable bonds is 4. The summed E-state index contributed by atoms with van der Waals surface area (Å²) in [6.45, 7) is 3.27. The molecule has 0 amide bonds. The summed E-state index contributed by atoms with van der Waals surface area (Å²) in [5.41, 5.74) is -1.67. The molecule has 1 aromatic heterocycles. The van der Waals surface area contributed by atoms with Crippen molar-refractivity contribution in [1.82, 2.24) is 4.57 Å². The molecule has 1 unspecified atom stereocenters. The topological polar surface area (TPSA) is 48.3 Å². The number of ether oxygens (including phenoxy) is 1. The molecule has 7 heteroatoms. The number of halogens is 3. The summed E-state index contributed by atoms with van der Waals surface area (Å²) in [4.78, 5) is 23.1. The lowest BCUT2D eigenvalue weighted by Crippen LogP contribution is -2.29. The number of hydrogen-bond acceptors (Lipinski definition) is 3. The van der Waals surface area contributed by atoms with Gasteiger partial charge in [0, 0.05) is 12.3 Å². The van der Waals surface area contributed by atoms with Crippen LogP contribution in [0.25, 0.3) is 0 Å². The van der Waals surface area contributed by atoms with Crippen LogP contribution in [-0.4, -0.2) is 17.1 Å². The van der Waals surface area contributed by atoms with Crippen molar-refractivity contribution in [3.05, 3.63) is 34.2 Å². The number of carbonyl (C=O) groups excluding carboxylic acids is 1. The second-order valence-electron chi connectivity index (χ2n) is 4.00. The van der Waals surface area contributed by atoms with Crippen LogP contribution in [-0.2, 0) is 15.7 Å². The summed E-state index contributed by atoms with van der Waals surface area (Å²) in [6, 6.07) is 0.372. The Morgan fingerprint density at radius 3 is 2.58 bits per heavy atom. The van der Waals surface area contributed by atoms with Crippen LogP contribution in [0.15, 0.2) is 23.1 Å². The highest BCUT2D eigenvalue weighted by Crippen LogP contribution is 2.28. The Morgan fingerprint density at radius 1 is 1.42 bits per heavy atom. The molecular weight excluding hydrogens is 263 g/mol. The average Bonchev–Trinajstić information content (AvgIpc) is 2.34. The fourth-order valence-corrected chi connectivity index (χ4v) is 1.41. The Kier molecular flexibility index (Phi) is 4.74. The summed E-state index contributed by atoms with van der Waals surface area (Å²) in [5, 5.41) is 0. The van der Waals surface area contributed by atoms with Crippen molar-refractivity contribution in [2.24, 2.45) is 0 Å². The molecule has 1 aromatic rings. The van der Waals surface area contributed by atoms with Crippen molar-refractivity contribution in [1.29, 1.82) is 0 Å². The number of pyridine rings is 1. The highest BCUT2D eigenvalue weighted by atomic mass is 19.4. The van der Waals surface area contributed by atoms with Crippen LogP contribution in [0.5, 0.6) is 0 Å². The van der Waals surface area contributed by atoms with E-state index < -0.39 is 29.3 Å². The van der Waals surface area contributed by atoms with Crippen molar-refractivity contribution >= 4 is 5.97 Å². The van der Waals surface area contributed by atoms with Gasteiger partial charge in [0.15, 0.2) is 0 Å². The molecule has 1 heterocycles. The minimum absolute atomic E-state index is 0.164. The van der Waals surface area contributed by atoms with E-state index >= 15 is 0 Å². The number of esters is 1. The Labute approximate surface area is 107 Å². The molecule has 1 atom stereocenters. The predicted molar refractivity (Wildman–Crippen MR) is 61.7 cm³/mol. The van der Waals surface area contributed by atoms with Crippen molar-refractivity contribution < 1.29 is 22.7 Å². The molecule has 106 valence electrons. The van der Waals surface area contributed by atoms with Crippen LogP contribution in [0, 0.1) is 0 Å². The summed E-state index contributed by atoms with van der Waals surface area (Å²) in [6.07, 6.45) is -3.35. The molecule has 0 spiro atoms. The van der Waals surface area contributed by atoms with Crippen LogP contribution in [0.4, 0.5) is 13.2 Å². The van der Waals surface area contributed by atoms with Gasteiger partial charge in [0.05, 0.1) is 12.2 Å². The van der Waals surface area contributed by atoms with E-state index in [4.69, 9.17) is 4.74 Å². The first kappa shape index (κ1) is 15.3. The van der Waals surface area contributed by atoms with Crippen molar-refractivity contribution in [2.45, 2.75) is 32.5 Å². The molecule has 0 fully saturated rings. The molecule has 0 bridgehead atoms. The van der Waals surface area contributed by atoms with E-state index in [1.807, 2.05) is 0 Å². The standard InChI is InChI=1S/C12H14F3NO3/c1-3-6-19-11(18)8(2)16-7-9(12(13,14)15)4-5-10(16)17/h4-5,7-8H,3,6H2,1-2H3. The summed E-state index contributed by atoms with van der Waals surface area (Å²) < 4.78 is 43.1. The quantitative estimate of drug-likeness (QED) is 0.794. The Morgan fingerprint density at radius 2 is 2.05 bits per heavy atom. The zero-order chi connectivity index (χ0) is 14.6. The van der Waals surface area contributed by atoms with E-state index in [1.54, 1.807) is 6.92 Å². The van der Waals surface area contributed by atoms with Gasteiger partial charge in [-0.25, -0.2) is 4.79 Å². The molecule has 0 aliphatic heterocycles. The molecule has 19 heavy (non-hydrogen) atoms. The lowest BCUT2D eigenvalue weighted by atomic mass is 10.2. The Hall–Kier alpha value is -1.79. The molecule has 0 N–H and O–H groups in total. The highest BCUT2D eigenvalue weighted by molar-refractivity contribution is 5.73. The molecule has 0 saturated heterocycles. The zero-order valence-electron chi connectivity index (χ0n) is 10.5. The van der Waals surface area contributed by atoms with E-state index in [0.29, 0.717) is 18.7 Å². The predicted octanol–water partition coefficient (Wildman–Crippen LogP) is 2.38. The van der Waals surface area contributed by atoms with Crippen molar-refractivity contribution in [3.63, 3.8) is 0 Å². The molecule has 0 aliphatic carbocycles. The van der Waals surface area contributed by atoms with E-state index in [-0.39, 0.29) is 6.61 Å². The molecular formula is C12H14F3NO3. The van der Waals surface area contributed by atoms with E-state index in [2.05, 4.69) is 0 Å². The third-order valence-electron chi connectivity index (χ3n) is 2.47. The fourth-order valence-electron chi connectivity index (χ4n) is 1.41. The Balaban J connectivity index is 3.05. The highest BCUT2D eigenvalue weighted by Gasteiger charge is 2.32. The summed E-state index contributed by atoms with van der Waals surface area (Å²) >= 11 is 0. The van der Waals surface area contributed by atoms with Crippen LogP contribution in [0.1, 0.15) is 31.9 Å². The maximum atomic E-state index is 12.5.